The van der Waals surface area contributed by atoms with E-state index in [-0.39, 0.29) is 11.7 Å². The molecular weight excluding hydrogens is 236 g/mol. The first kappa shape index (κ1) is 12.0. The molecule has 0 amide bonds. The second-order valence-electron chi connectivity index (χ2n) is 5.02. The Kier molecular flexibility index (Phi) is 2.86. The van der Waals surface area contributed by atoms with E-state index in [1.165, 1.54) is 5.56 Å². The average Bonchev–Trinajstić information content (AvgIpc) is 2.40. The standard InChI is InChI=1S/C17H16O2/c1-11-7-8-16(19-2)15(9-11)17(18)14-10-12-5-3-4-6-13(12)14/h3-9,14H,10H2,1-2H3. The molecule has 0 bridgehead atoms. The number of benzene rings is 2. The second kappa shape index (κ2) is 4.54. The van der Waals surface area contributed by atoms with E-state index in [1.54, 1.807) is 7.11 Å². The number of aryl methyl sites for hydroxylation is 1. The number of hydrogen-bond donors (Lipinski definition) is 0. The van der Waals surface area contributed by atoms with Crippen LogP contribution in [0.25, 0.3) is 0 Å². The SMILES string of the molecule is COc1ccc(C)cc1C(=O)C1Cc2ccccc21. The summed E-state index contributed by atoms with van der Waals surface area (Å²) in [7, 11) is 1.61. The van der Waals surface area contributed by atoms with Crippen molar-refractivity contribution in [3.05, 3.63) is 64.7 Å². The van der Waals surface area contributed by atoms with Crippen molar-refractivity contribution in [1.29, 1.82) is 0 Å². The molecule has 0 fully saturated rings. The summed E-state index contributed by atoms with van der Waals surface area (Å²) in [6.45, 7) is 1.99. The molecule has 0 aromatic heterocycles. The zero-order valence-corrected chi connectivity index (χ0v) is 11.1. The molecule has 0 spiro atoms. The number of methoxy groups -OCH3 is 1. The number of hydrogen-bond acceptors (Lipinski definition) is 2. The fourth-order valence-electron chi connectivity index (χ4n) is 2.69. The van der Waals surface area contributed by atoms with Crippen LogP contribution in [-0.4, -0.2) is 12.9 Å². The van der Waals surface area contributed by atoms with Crippen LogP contribution in [0.5, 0.6) is 5.75 Å². The molecule has 1 aliphatic rings. The Hall–Kier alpha value is -2.09. The van der Waals surface area contributed by atoms with E-state index in [0.717, 1.165) is 17.5 Å². The minimum absolute atomic E-state index is 0.00750. The molecule has 2 aromatic rings. The Bertz CT molecular complexity index is 643. The molecule has 3 rings (SSSR count). The Morgan fingerprint density at radius 3 is 2.74 bits per heavy atom. The van der Waals surface area contributed by atoms with Crippen molar-refractivity contribution in [3.8, 4) is 5.75 Å². The van der Waals surface area contributed by atoms with E-state index >= 15 is 0 Å². The molecule has 96 valence electrons. The van der Waals surface area contributed by atoms with Gasteiger partial charge in [0.05, 0.1) is 18.6 Å². The quantitative estimate of drug-likeness (QED) is 0.781. The number of ketones is 1. The van der Waals surface area contributed by atoms with Crippen LogP contribution >= 0.6 is 0 Å². The zero-order valence-electron chi connectivity index (χ0n) is 11.1. The van der Waals surface area contributed by atoms with Gasteiger partial charge in [-0.05, 0) is 36.6 Å². The number of ether oxygens (including phenoxy) is 1. The first-order valence-electron chi connectivity index (χ1n) is 6.47. The van der Waals surface area contributed by atoms with Gasteiger partial charge < -0.3 is 4.74 Å². The highest BCUT2D eigenvalue weighted by atomic mass is 16.5. The molecular formula is C17H16O2. The number of carbonyl (C=O) groups is 1. The van der Waals surface area contributed by atoms with Gasteiger partial charge in [-0.15, -0.1) is 0 Å². The van der Waals surface area contributed by atoms with Crippen molar-refractivity contribution in [1.82, 2.24) is 0 Å². The smallest absolute Gasteiger partial charge is 0.174 e. The predicted octanol–water partition coefficient (Wildman–Crippen LogP) is 3.53. The first-order valence-corrected chi connectivity index (χ1v) is 6.47. The summed E-state index contributed by atoms with van der Waals surface area (Å²) in [6, 6.07) is 13.9. The van der Waals surface area contributed by atoms with Gasteiger partial charge in [-0.25, -0.2) is 0 Å². The number of fused-ring (bicyclic) bond motifs is 1. The van der Waals surface area contributed by atoms with Gasteiger partial charge in [-0.1, -0.05) is 35.9 Å². The summed E-state index contributed by atoms with van der Waals surface area (Å²) in [4.78, 5) is 12.6. The molecule has 2 heteroatoms. The molecule has 0 N–H and O–H groups in total. The molecule has 1 atom stereocenters. The van der Waals surface area contributed by atoms with E-state index in [2.05, 4.69) is 6.07 Å². The summed E-state index contributed by atoms with van der Waals surface area (Å²) >= 11 is 0. The van der Waals surface area contributed by atoms with E-state index in [4.69, 9.17) is 4.74 Å². The Labute approximate surface area is 113 Å². The van der Waals surface area contributed by atoms with Gasteiger partial charge in [0.15, 0.2) is 5.78 Å². The number of carbonyl (C=O) groups excluding carboxylic acids is 1. The summed E-state index contributed by atoms with van der Waals surface area (Å²) in [5, 5.41) is 0. The maximum Gasteiger partial charge on any atom is 0.174 e. The van der Waals surface area contributed by atoms with E-state index in [9.17, 15) is 4.79 Å². The topological polar surface area (TPSA) is 26.3 Å². The monoisotopic (exact) mass is 252 g/mol. The summed E-state index contributed by atoms with van der Waals surface area (Å²) in [5.74, 6) is 0.825. The number of rotatable bonds is 3. The van der Waals surface area contributed by atoms with Crippen LogP contribution in [-0.2, 0) is 6.42 Å². The predicted molar refractivity (Wildman–Crippen MR) is 74.9 cm³/mol. The lowest BCUT2D eigenvalue weighted by Gasteiger charge is -2.29. The van der Waals surface area contributed by atoms with Crippen molar-refractivity contribution < 1.29 is 9.53 Å². The van der Waals surface area contributed by atoms with Crippen molar-refractivity contribution >= 4 is 5.78 Å². The van der Waals surface area contributed by atoms with Crippen LogP contribution in [0.4, 0.5) is 0 Å². The minimum atomic E-state index is -0.00750. The summed E-state index contributed by atoms with van der Waals surface area (Å²) < 4.78 is 5.31. The third-order valence-corrected chi connectivity index (χ3v) is 3.79. The highest BCUT2D eigenvalue weighted by Crippen LogP contribution is 2.38. The molecule has 0 aliphatic heterocycles. The summed E-state index contributed by atoms with van der Waals surface area (Å²) in [6.07, 6.45) is 0.839. The normalized spacial score (nSPS) is 16.4. The third kappa shape index (κ3) is 1.93. The molecule has 2 aromatic carbocycles. The highest BCUT2D eigenvalue weighted by molar-refractivity contribution is 6.04. The fourth-order valence-corrected chi connectivity index (χ4v) is 2.69. The van der Waals surface area contributed by atoms with Crippen LogP contribution in [0, 0.1) is 6.92 Å². The fraction of sp³-hybridized carbons (Fsp3) is 0.235. The van der Waals surface area contributed by atoms with Gasteiger partial charge in [0, 0.05) is 0 Å². The van der Waals surface area contributed by atoms with Gasteiger partial charge in [0.2, 0.25) is 0 Å². The van der Waals surface area contributed by atoms with Crippen LogP contribution < -0.4 is 4.74 Å². The van der Waals surface area contributed by atoms with Crippen LogP contribution in [0.15, 0.2) is 42.5 Å². The van der Waals surface area contributed by atoms with E-state index in [1.807, 2.05) is 43.3 Å². The van der Waals surface area contributed by atoms with Gasteiger partial charge in [-0.2, -0.15) is 0 Å². The molecule has 0 saturated heterocycles. The van der Waals surface area contributed by atoms with Gasteiger partial charge in [-0.3, -0.25) is 4.79 Å². The summed E-state index contributed by atoms with van der Waals surface area (Å²) in [5.41, 5.74) is 4.22. The molecule has 1 unspecified atom stereocenters. The Balaban J connectivity index is 1.96. The molecule has 19 heavy (non-hydrogen) atoms. The average molecular weight is 252 g/mol. The van der Waals surface area contributed by atoms with Crippen LogP contribution in [0.1, 0.15) is 33.0 Å². The zero-order chi connectivity index (χ0) is 13.4. The minimum Gasteiger partial charge on any atom is -0.496 e. The van der Waals surface area contributed by atoms with Crippen molar-refractivity contribution in [2.45, 2.75) is 19.3 Å². The molecule has 1 aliphatic carbocycles. The van der Waals surface area contributed by atoms with E-state index in [0.29, 0.717) is 11.3 Å². The lowest BCUT2D eigenvalue weighted by Crippen LogP contribution is -2.25. The van der Waals surface area contributed by atoms with Crippen molar-refractivity contribution in [2.24, 2.45) is 0 Å². The second-order valence-corrected chi connectivity index (χ2v) is 5.02. The first-order chi connectivity index (χ1) is 9.20. The Morgan fingerprint density at radius 1 is 1.21 bits per heavy atom. The van der Waals surface area contributed by atoms with Crippen LogP contribution in [0.2, 0.25) is 0 Å². The van der Waals surface area contributed by atoms with E-state index < -0.39 is 0 Å². The van der Waals surface area contributed by atoms with Gasteiger partial charge in [0.1, 0.15) is 5.75 Å². The highest BCUT2D eigenvalue weighted by Gasteiger charge is 2.33. The Morgan fingerprint density at radius 2 is 2.00 bits per heavy atom. The maximum atomic E-state index is 12.6. The van der Waals surface area contributed by atoms with Crippen molar-refractivity contribution in [3.63, 3.8) is 0 Å². The molecule has 0 radical (unpaired) electrons. The number of Topliss-reactive ketones (excluding diaryl/α,β-unsaturated/α-hetero) is 1. The lowest BCUT2D eigenvalue weighted by molar-refractivity contribution is 0.0946. The molecule has 2 nitrogen and oxygen atoms in total. The molecule has 0 heterocycles. The largest absolute Gasteiger partial charge is 0.496 e. The van der Waals surface area contributed by atoms with Crippen molar-refractivity contribution in [2.75, 3.05) is 7.11 Å². The molecule has 0 saturated carbocycles. The maximum absolute atomic E-state index is 12.6. The van der Waals surface area contributed by atoms with Gasteiger partial charge in [0.25, 0.3) is 0 Å². The van der Waals surface area contributed by atoms with Gasteiger partial charge >= 0.3 is 0 Å². The lowest BCUT2D eigenvalue weighted by atomic mass is 9.73. The van der Waals surface area contributed by atoms with Crippen LogP contribution in [0.3, 0.4) is 0 Å². The third-order valence-electron chi connectivity index (χ3n) is 3.79.